The molecule has 1 aliphatic rings. The second kappa shape index (κ2) is 6.44. The number of nitrogens with zero attached hydrogens (tertiary/aromatic N) is 1. The Morgan fingerprint density at radius 1 is 1.65 bits per heavy atom. The van der Waals surface area contributed by atoms with Crippen LogP contribution in [-0.4, -0.2) is 36.2 Å². The van der Waals surface area contributed by atoms with Crippen LogP contribution >= 0.6 is 0 Å². The standard InChI is InChI=1S/C11H21N3O3/c1-3-4-9(10(12)14-16)11(15)13-7-5-8(6-7)17-2/h7-9,16H,3-6H2,1-2H3,(H2,12,14)(H,13,15). The zero-order valence-electron chi connectivity index (χ0n) is 10.3. The molecule has 0 heterocycles. The molecular formula is C11H21N3O3. The quantitative estimate of drug-likeness (QED) is 0.273. The third kappa shape index (κ3) is 3.59. The molecule has 0 aromatic rings. The summed E-state index contributed by atoms with van der Waals surface area (Å²) in [6.07, 6.45) is 3.30. The van der Waals surface area contributed by atoms with Crippen LogP contribution in [0.15, 0.2) is 5.16 Å². The van der Waals surface area contributed by atoms with Crippen molar-refractivity contribution in [2.75, 3.05) is 7.11 Å². The molecule has 1 aliphatic carbocycles. The van der Waals surface area contributed by atoms with Crippen LogP contribution in [0.4, 0.5) is 0 Å². The van der Waals surface area contributed by atoms with Crippen molar-refractivity contribution in [3.8, 4) is 0 Å². The van der Waals surface area contributed by atoms with Crippen molar-refractivity contribution in [3.05, 3.63) is 0 Å². The smallest absolute Gasteiger partial charge is 0.231 e. The van der Waals surface area contributed by atoms with E-state index in [0.29, 0.717) is 6.42 Å². The number of carbonyl (C=O) groups is 1. The van der Waals surface area contributed by atoms with Gasteiger partial charge in [0.25, 0.3) is 0 Å². The van der Waals surface area contributed by atoms with Gasteiger partial charge in [0.15, 0.2) is 5.84 Å². The van der Waals surface area contributed by atoms with Crippen molar-refractivity contribution >= 4 is 11.7 Å². The Hall–Kier alpha value is -1.30. The lowest BCUT2D eigenvalue weighted by Gasteiger charge is -2.35. The number of carbonyl (C=O) groups excluding carboxylic acids is 1. The fraction of sp³-hybridized carbons (Fsp3) is 0.818. The Balaban J connectivity index is 2.43. The van der Waals surface area contributed by atoms with Crippen molar-refractivity contribution in [2.24, 2.45) is 16.8 Å². The van der Waals surface area contributed by atoms with E-state index in [1.54, 1.807) is 7.11 Å². The van der Waals surface area contributed by atoms with Gasteiger partial charge in [-0.15, -0.1) is 0 Å². The largest absolute Gasteiger partial charge is 0.409 e. The highest BCUT2D eigenvalue weighted by atomic mass is 16.5. The Labute approximate surface area is 101 Å². The van der Waals surface area contributed by atoms with Gasteiger partial charge in [0.1, 0.15) is 0 Å². The number of methoxy groups -OCH3 is 1. The maximum atomic E-state index is 11.9. The number of amides is 1. The predicted molar refractivity (Wildman–Crippen MR) is 63.8 cm³/mol. The highest BCUT2D eigenvalue weighted by Crippen LogP contribution is 2.23. The monoisotopic (exact) mass is 243 g/mol. The van der Waals surface area contributed by atoms with E-state index in [-0.39, 0.29) is 23.9 Å². The number of hydrogen-bond donors (Lipinski definition) is 3. The molecule has 1 fully saturated rings. The lowest BCUT2D eigenvalue weighted by molar-refractivity contribution is -0.125. The topological polar surface area (TPSA) is 96.9 Å². The number of amidine groups is 1. The van der Waals surface area contributed by atoms with Crippen molar-refractivity contribution in [1.82, 2.24) is 5.32 Å². The minimum Gasteiger partial charge on any atom is -0.409 e. The molecule has 17 heavy (non-hydrogen) atoms. The highest BCUT2D eigenvalue weighted by Gasteiger charge is 2.32. The molecule has 0 radical (unpaired) electrons. The first-order valence-corrected chi connectivity index (χ1v) is 5.92. The third-order valence-corrected chi connectivity index (χ3v) is 3.14. The molecular weight excluding hydrogens is 222 g/mol. The number of nitrogens with one attached hydrogen (secondary N) is 1. The molecule has 0 aromatic heterocycles. The second-order valence-electron chi connectivity index (χ2n) is 4.40. The summed E-state index contributed by atoms with van der Waals surface area (Å²) in [4.78, 5) is 11.9. The summed E-state index contributed by atoms with van der Waals surface area (Å²) < 4.78 is 5.13. The molecule has 6 nitrogen and oxygen atoms in total. The SMILES string of the molecule is CCCC(C(=O)NC1CC(OC)C1)C(N)=NO. The molecule has 98 valence electrons. The van der Waals surface area contributed by atoms with Crippen LogP contribution in [0.3, 0.4) is 0 Å². The summed E-state index contributed by atoms with van der Waals surface area (Å²) in [6, 6.07) is 0.151. The number of oxime groups is 1. The molecule has 4 N–H and O–H groups in total. The van der Waals surface area contributed by atoms with E-state index in [1.165, 1.54) is 0 Å². The van der Waals surface area contributed by atoms with Gasteiger partial charge < -0.3 is 21.0 Å². The van der Waals surface area contributed by atoms with Gasteiger partial charge in [0, 0.05) is 13.2 Å². The summed E-state index contributed by atoms with van der Waals surface area (Å²) in [5, 5.41) is 14.4. The van der Waals surface area contributed by atoms with Crippen LogP contribution < -0.4 is 11.1 Å². The van der Waals surface area contributed by atoms with Gasteiger partial charge in [-0.05, 0) is 19.3 Å². The molecule has 0 spiro atoms. The van der Waals surface area contributed by atoms with Crippen molar-refractivity contribution in [1.29, 1.82) is 0 Å². The molecule has 0 aromatic carbocycles. The lowest BCUT2D eigenvalue weighted by atomic mass is 9.88. The maximum Gasteiger partial charge on any atom is 0.231 e. The predicted octanol–water partition coefficient (Wildman–Crippen LogP) is 0.443. The minimum absolute atomic E-state index is 0.0213. The Kier molecular flexibility index (Phi) is 5.21. The number of ether oxygens (including phenoxy) is 1. The molecule has 1 saturated carbocycles. The van der Waals surface area contributed by atoms with Crippen LogP contribution in [0.5, 0.6) is 0 Å². The van der Waals surface area contributed by atoms with Gasteiger partial charge in [0.2, 0.25) is 5.91 Å². The Bertz CT molecular complexity index is 288. The fourth-order valence-electron chi connectivity index (χ4n) is 1.95. The highest BCUT2D eigenvalue weighted by molar-refractivity contribution is 6.02. The van der Waals surface area contributed by atoms with Gasteiger partial charge in [-0.1, -0.05) is 18.5 Å². The Morgan fingerprint density at radius 2 is 2.29 bits per heavy atom. The van der Waals surface area contributed by atoms with Crippen LogP contribution in [0, 0.1) is 5.92 Å². The average molecular weight is 243 g/mol. The van der Waals surface area contributed by atoms with E-state index in [0.717, 1.165) is 19.3 Å². The number of nitrogens with two attached hydrogens (primary N) is 1. The van der Waals surface area contributed by atoms with E-state index < -0.39 is 5.92 Å². The zero-order valence-corrected chi connectivity index (χ0v) is 10.3. The maximum absolute atomic E-state index is 11.9. The van der Waals surface area contributed by atoms with Gasteiger partial charge >= 0.3 is 0 Å². The molecule has 0 aliphatic heterocycles. The molecule has 6 heteroatoms. The number of hydrogen-bond acceptors (Lipinski definition) is 4. The summed E-state index contributed by atoms with van der Waals surface area (Å²) in [7, 11) is 1.67. The summed E-state index contributed by atoms with van der Waals surface area (Å²) in [5.74, 6) is -0.722. The lowest BCUT2D eigenvalue weighted by Crippen LogP contribution is -2.51. The van der Waals surface area contributed by atoms with Gasteiger partial charge in [-0.3, -0.25) is 4.79 Å². The van der Waals surface area contributed by atoms with Crippen LogP contribution in [0.25, 0.3) is 0 Å². The van der Waals surface area contributed by atoms with Gasteiger partial charge in [0.05, 0.1) is 12.0 Å². The van der Waals surface area contributed by atoms with E-state index in [9.17, 15) is 4.79 Å². The second-order valence-corrected chi connectivity index (χ2v) is 4.40. The molecule has 1 amide bonds. The van der Waals surface area contributed by atoms with E-state index in [1.807, 2.05) is 6.92 Å². The summed E-state index contributed by atoms with van der Waals surface area (Å²) in [5.41, 5.74) is 5.51. The van der Waals surface area contributed by atoms with Crippen LogP contribution in [-0.2, 0) is 9.53 Å². The average Bonchev–Trinajstić information content (AvgIpc) is 2.28. The van der Waals surface area contributed by atoms with Crippen molar-refractivity contribution in [2.45, 2.75) is 44.8 Å². The number of rotatable bonds is 6. The van der Waals surface area contributed by atoms with Crippen LogP contribution in [0.1, 0.15) is 32.6 Å². The molecule has 1 atom stereocenters. The van der Waals surface area contributed by atoms with E-state index in [2.05, 4.69) is 10.5 Å². The minimum atomic E-state index is -0.536. The van der Waals surface area contributed by atoms with Gasteiger partial charge in [-0.25, -0.2) is 0 Å². The first-order valence-electron chi connectivity index (χ1n) is 5.92. The normalized spacial score (nSPS) is 26.1. The van der Waals surface area contributed by atoms with E-state index in [4.69, 9.17) is 15.7 Å². The van der Waals surface area contributed by atoms with Crippen molar-refractivity contribution in [3.63, 3.8) is 0 Å². The van der Waals surface area contributed by atoms with Crippen LogP contribution in [0.2, 0.25) is 0 Å². The molecule has 1 unspecified atom stereocenters. The first kappa shape index (κ1) is 13.8. The van der Waals surface area contributed by atoms with E-state index >= 15 is 0 Å². The van der Waals surface area contributed by atoms with Gasteiger partial charge in [-0.2, -0.15) is 0 Å². The first-order chi connectivity index (χ1) is 8.12. The summed E-state index contributed by atoms with van der Waals surface area (Å²) in [6.45, 7) is 1.95. The summed E-state index contributed by atoms with van der Waals surface area (Å²) >= 11 is 0. The van der Waals surface area contributed by atoms with Crippen molar-refractivity contribution < 1.29 is 14.7 Å². The molecule has 0 saturated heterocycles. The molecule has 1 rings (SSSR count). The third-order valence-electron chi connectivity index (χ3n) is 3.14. The fourth-order valence-corrected chi connectivity index (χ4v) is 1.95. The molecule has 0 bridgehead atoms. The zero-order chi connectivity index (χ0) is 12.8. The Morgan fingerprint density at radius 3 is 2.76 bits per heavy atom.